The van der Waals surface area contributed by atoms with Gasteiger partial charge >= 0.3 is 0 Å². The van der Waals surface area contributed by atoms with Gasteiger partial charge in [-0.15, -0.1) is 11.3 Å². The minimum atomic E-state index is 0.500. The number of nitrogens with zero attached hydrogens (tertiary/aromatic N) is 3. The molecule has 100 valence electrons. The standard InChI is InChI=1S/C12H16N6S/c1-7-14-5-9(19-7)6-15-10-4-11(18-13)17-12(16-10)8-2-3-8/h4-5,8H,2-3,6,13H2,1H3,(H2,15,16,17,18). The third kappa shape index (κ3) is 2.99. The van der Waals surface area contributed by atoms with Crippen LogP contribution in [0.1, 0.15) is 34.5 Å². The molecule has 1 aliphatic rings. The molecule has 0 saturated heterocycles. The normalized spacial score (nSPS) is 14.4. The summed E-state index contributed by atoms with van der Waals surface area (Å²) in [5, 5.41) is 4.37. The molecule has 4 N–H and O–H groups in total. The van der Waals surface area contributed by atoms with Gasteiger partial charge in [0.1, 0.15) is 17.5 Å². The molecule has 1 fully saturated rings. The fraction of sp³-hybridized carbons (Fsp3) is 0.417. The highest BCUT2D eigenvalue weighted by Gasteiger charge is 2.27. The van der Waals surface area contributed by atoms with E-state index in [0.717, 1.165) is 23.2 Å². The Kier molecular flexibility index (Phi) is 3.31. The Bertz CT molecular complexity index is 577. The average molecular weight is 276 g/mol. The van der Waals surface area contributed by atoms with E-state index < -0.39 is 0 Å². The minimum absolute atomic E-state index is 0.500. The van der Waals surface area contributed by atoms with E-state index in [2.05, 4.69) is 25.7 Å². The second-order valence-corrected chi connectivity index (χ2v) is 5.93. The molecule has 2 heterocycles. The maximum absolute atomic E-state index is 5.44. The van der Waals surface area contributed by atoms with Gasteiger partial charge in [0.05, 0.1) is 11.6 Å². The molecule has 2 aromatic heterocycles. The molecule has 0 spiro atoms. The van der Waals surface area contributed by atoms with Gasteiger partial charge in [0.15, 0.2) is 0 Å². The molecule has 0 aromatic carbocycles. The van der Waals surface area contributed by atoms with Crippen LogP contribution in [0.25, 0.3) is 0 Å². The summed E-state index contributed by atoms with van der Waals surface area (Å²) >= 11 is 1.68. The van der Waals surface area contributed by atoms with Crippen LogP contribution >= 0.6 is 11.3 Å². The van der Waals surface area contributed by atoms with Gasteiger partial charge < -0.3 is 10.7 Å². The highest BCUT2D eigenvalue weighted by molar-refractivity contribution is 7.11. The number of nitrogen functional groups attached to an aromatic ring is 1. The topological polar surface area (TPSA) is 88.8 Å². The van der Waals surface area contributed by atoms with E-state index in [9.17, 15) is 0 Å². The summed E-state index contributed by atoms with van der Waals surface area (Å²) in [6, 6.07) is 1.82. The Balaban J connectivity index is 1.74. The maximum Gasteiger partial charge on any atom is 0.145 e. The molecule has 0 radical (unpaired) electrons. The Labute approximate surface area is 115 Å². The van der Waals surface area contributed by atoms with Crippen molar-refractivity contribution in [1.29, 1.82) is 0 Å². The number of nitrogens with one attached hydrogen (secondary N) is 2. The molecular weight excluding hydrogens is 260 g/mol. The number of anilines is 2. The molecule has 19 heavy (non-hydrogen) atoms. The Morgan fingerprint density at radius 1 is 1.37 bits per heavy atom. The highest BCUT2D eigenvalue weighted by Crippen LogP contribution is 2.38. The summed E-state index contributed by atoms with van der Waals surface area (Å²) in [4.78, 5) is 14.3. The van der Waals surface area contributed by atoms with Gasteiger partial charge in [-0.05, 0) is 19.8 Å². The van der Waals surface area contributed by atoms with Crippen LogP contribution in [-0.4, -0.2) is 15.0 Å². The van der Waals surface area contributed by atoms with Gasteiger partial charge in [0.25, 0.3) is 0 Å². The summed E-state index contributed by atoms with van der Waals surface area (Å²) in [5.74, 6) is 8.27. The lowest BCUT2D eigenvalue weighted by molar-refractivity contribution is 0.921. The van der Waals surface area contributed by atoms with E-state index in [1.54, 1.807) is 11.3 Å². The number of nitrogens with two attached hydrogens (primary N) is 1. The number of aryl methyl sites for hydroxylation is 1. The van der Waals surface area contributed by atoms with Crippen molar-refractivity contribution in [1.82, 2.24) is 15.0 Å². The second kappa shape index (κ2) is 5.10. The zero-order chi connectivity index (χ0) is 13.2. The first-order valence-corrected chi connectivity index (χ1v) is 7.07. The quantitative estimate of drug-likeness (QED) is 0.572. The van der Waals surface area contributed by atoms with E-state index in [-0.39, 0.29) is 0 Å². The third-order valence-electron chi connectivity index (χ3n) is 2.95. The van der Waals surface area contributed by atoms with Crippen LogP contribution in [0.3, 0.4) is 0 Å². The molecule has 3 rings (SSSR count). The van der Waals surface area contributed by atoms with Gasteiger partial charge in [-0.2, -0.15) is 0 Å². The van der Waals surface area contributed by atoms with Crippen LogP contribution in [0, 0.1) is 6.92 Å². The van der Waals surface area contributed by atoms with Crippen LogP contribution in [0.15, 0.2) is 12.3 Å². The lowest BCUT2D eigenvalue weighted by Crippen LogP contribution is -2.12. The predicted molar refractivity (Wildman–Crippen MR) is 76.0 cm³/mol. The summed E-state index contributed by atoms with van der Waals surface area (Å²) in [7, 11) is 0. The number of hydrazine groups is 1. The van der Waals surface area contributed by atoms with E-state index in [0.29, 0.717) is 11.7 Å². The fourth-order valence-corrected chi connectivity index (χ4v) is 2.55. The third-order valence-corrected chi connectivity index (χ3v) is 3.86. The van der Waals surface area contributed by atoms with E-state index >= 15 is 0 Å². The average Bonchev–Trinajstić information content (AvgIpc) is 3.19. The number of thiazole rings is 1. The van der Waals surface area contributed by atoms with Crippen molar-refractivity contribution in [2.45, 2.75) is 32.2 Å². The predicted octanol–water partition coefficient (Wildman–Crippen LogP) is 2.02. The molecule has 0 bridgehead atoms. The van der Waals surface area contributed by atoms with Crippen molar-refractivity contribution >= 4 is 23.0 Å². The lowest BCUT2D eigenvalue weighted by Gasteiger charge is -2.08. The van der Waals surface area contributed by atoms with Gasteiger partial charge in [-0.3, -0.25) is 0 Å². The summed E-state index contributed by atoms with van der Waals surface area (Å²) in [6.45, 7) is 2.72. The Morgan fingerprint density at radius 2 is 2.16 bits per heavy atom. The Morgan fingerprint density at radius 3 is 2.79 bits per heavy atom. The first-order chi connectivity index (χ1) is 9.24. The first kappa shape index (κ1) is 12.3. The largest absolute Gasteiger partial charge is 0.365 e. The van der Waals surface area contributed by atoms with Crippen molar-refractivity contribution in [2.75, 3.05) is 10.7 Å². The molecule has 0 amide bonds. The first-order valence-electron chi connectivity index (χ1n) is 6.25. The number of hydrogen-bond acceptors (Lipinski definition) is 7. The van der Waals surface area contributed by atoms with Crippen LogP contribution in [0.5, 0.6) is 0 Å². The number of rotatable bonds is 5. The summed E-state index contributed by atoms with van der Waals surface area (Å²) in [5.41, 5.74) is 2.59. The molecule has 0 aliphatic heterocycles. The van der Waals surface area contributed by atoms with E-state index in [1.807, 2.05) is 19.2 Å². The monoisotopic (exact) mass is 276 g/mol. The molecule has 1 saturated carbocycles. The minimum Gasteiger partial charge on any atom is -0.365 e. The lowest BCUT2D eigenvalue weighted by atomic mass is 10.3. The fourth-order valence-electron chi connectivity index (χ4n) is 1.82. The molecule has 6 nitrogen and oxygen atoms in total. The van der Waals surface area contributed by atoms with E-state index in [1.165, 1.54) is 17.7 Å². The van der Waals surface area contributed by atoms with Crippen LogP contribution in [-0.2, 0) is 6.54 Å². The van der Waals surface area contributed by atoms with Crippen LogP contribution in [0.4, 0.5) is 11.6 Å². The van der Waals surface area contributed by atoms with Gasteiger partial charge in [-0.25, -0.2) is 20.8 Å². The zero-order valence-corrected chi connectivity index (χ0v) is 11.5. The van der Waals surface area contributed by atoms with E-state index in [4.69, 9.17) is 5.84 Å². The molecular formula is C12H16N6S. The van der Waals surface area contributed by atoms with Gasteiger partial charge in [-0.1, -0.05) is 0 Å². The number of aromatic nitrogens is 3. The van der Waals surface area contributed by atoms with Crippen LogP contribution < -0.4 is 16.6 Å². The SMILES string of the molecule is Cc1ncc(CNc2cc(NN)nc(C3CC3)n2)s1. The van der Waals surface area contributed by atoms with Crippen molar-refractivity contribution in [3.63, 3.8) is 0 Å². The second-order valence-electron chi connectivity index (χ2n) is 4.61. The number of hydrogen-bond donors (Lipinski definition) is 3. The van der Waals surface area contributed by atoms with Gasteiger partial charge in [0, 0.05) is 23.1 Å². The summed E-state index contributed by atoms with van der Waals surface area (Å²) in [6.07, 6.45) is 4.22. The Hall–Kier alpha value is -1.73. The van der Waals surface area contributed by atoms with Crippen molar-refractivity contribution in [3.8, 4) is 0 Å². The maximum atomic E-state index is 5.44. The van der Waals surface area contributed by atoms with Crippen LogP contribution in [0.2, 0.25) is 0 Å². The van der Waals surface area contributed by atoms with Crippen molar-refractivity contribution in [2.24, 2.45) is 5.84 Å². The molecule has 0 atom stereocenters. The highest BCUT2D eigenvalue weighted by atomic mass is 32.1. The molecule has 2 aromatic rings. The van der Waals surface area contributed by atoms with Crippen molar-refractivity contribution < 1.29 is 0 Å². The molecule has 7 heteroatoms. The molecule has 1 aliphatic carbocycles. The van der Waals surface area contributed by atoms with Gasteiger partial charge in [0.2, 0.25) is 0 Å². The molecule has 0 unspecified atom stereocenters. The van der Waals surface area contributed by atoms with Crippen molar-refractivity contribution in [3.05, 3.63) is 28.0 Å². The zero-order valence-electron chi connectivity index (χ0n) is 10.7. The smallest absolute Gasteiger partial charge is 0.145 e. The summed E-state index contributed by atoms with van der Waals surface area (Å²) < 4.78 is 0.